The average molecular weight is 648 g/mol. The van der Waals surface area contributed by atoms with E-state index < -0.39 is 46.2 Å². The van der Waals surface area contributed by atoms with Crippen LogP contribution in [0.5, 0.6) is 5.75 Å². The molecule has 0 saturated heterocycles. The number of pyridine rings is 1. The fourth-order valence-electron chi connectivity index (χ4n) is 8.62. The summed E-state index contributed by atoms with van der Waals surface area (Å²) in [4.78, 5) is 44.5. The highest BCUT2D eigenvalue weighted by atomic mass is 32.2. The van der Waals surface area contributed by atoms with Crippen molar-refractivity contribution in [1.82, 2.24) is 4.98 Å². The van der Waals surface area contributed by atoms with Crippen LogP contribution in [0.2, 0.25) is 0 Å². The third kappa shape index (κ3) is 5.23. The minimum absolute atomic E-state index is 0.0510. The first-order chi connectivity index (χ1) is 21.8. The number of aliphatic hydroxyl groups is 1. The van der Waals surface area contributed by atoms with Gasteiger partial charge in [-0.3, -0.25) is 9.78 Å². The molecular formula is C36H41NO8S. The molecule has 0 amide bonds. The Bertz CT molecular complexity index is 1690. The number of esters is 2. The minimum atomic E-state index is -1.27. The molecule has 2 fully saturated rings. The summed E-state index contributed by atoms with van der Waals surface area (Å²) in [6.07, 6.45) is 5.07. The van der Waals surface area contributed by atoms with Crippen LogP contribution in [0.3, 0.4) is 0 Å². The number of hydrogen-bond donors (Lipinski definition) is 1. The van der Waals surface area contributed by atoms with Crippen LogP contribution < -0.4 is 10.4 Å². The van der Waals surface area contributed by atoms with Crippen LogP contribution in [0, 0.1) is 28.6 Å². The molecule has 1 aliphatic heterocycles. The molecular weight excluding hydrogens is 606 g/mol. The third-order valence-corrected chi connectivity index (χ3v) is 12.0. The standard InChI is InChI=1S/C36H41NO8S/c1-20-13-14-34(3)27(35(20,4)19-42-21(2)38)17-28(44-32(40)22-9-11-24(46-6)12-10-22)36(5)31(34)30(39)29-26(45-36)16-25(43-33(29)41)23-8-7-15-37-18-23/h7-12,15-16,18,20,27-28,30-31,39H,13-14,17,19H2,1-6H3/t20-,27?,28-,30-,31?,34-,35+,36+/m0/s1. The molecule has 2 unspecified atom stereocenters. The van der Waals surface area contributed by atoms with Gasteiger partial charge in [0.2, 0.25) is 0 Å². The molecule has 1 aromatic carbocycles. The number of thioether (sulfide) groups is 1. The second-order valence-corrected chi connectivity index (χ2v) is 14.6. The normalized spacial score (nSPS) is 33.1. The minimum Gasteiger partial charge on any atom is -0.482 e. The zero-order valence-corrected chi connectivity index (χ0v) is 27.9. The van der Waals surface area contributed by atoms with E-state index in [-0.39, 0.29) is 41.5 Å². The highest BCUT2D eigenvalue weighted by molar-refractivity contribution is 7.98. The molecule has 3 heterocycles. The van der Waals surface area contributed by atoms with E-state index in [1.54, 1.807) is 54.5 Å². The summed E-state index contributed by atoms with van der Waals surface area (Å²) >= 11 is 1.58. The quantitative estimate of drug-likeness (QED) is 0.235. The summed E-state index contributed by atoms with van der Waals surface area (Å²) in [5.74, 6) is -1.05. The van der Waals surface area contributed by atoms with Crippen molar-refractivity contribution in [3.05, 3.63) is 76.4 Å². The van der Waals surface area contributed by atoms with E-state index in [9.17, 15) is 19.5 Å². The Balaban J connectivity index is 1.48. The van der Waals surface area contributed by atoms with Gasteiger partial charge in [0.05, 0.1) is 18.3 Å². The van der Waals surface area contributed by atoms with Crippen LogP contribution in [0.15, 0.2) is 69.0 Å². The first kappa shape index (κ1) is 32.3. The van der Waals surface area contributed by atoms with Crippen molar-refractivity contribution in [3.8, 4) is 17.1 Å². The van der Waals surface area contributed by atoms with Crippen LogP contribution in [0.4, 0.5) is 0 Å². The predicted octanol–water partition coefficient (Wildman–Crippen LogP) is 6.48. The number of hydrogen-bond acceptors (Lipinski definition) is 10. The van der Waals surface area contributed by atoms with E-state index in [1.807, 2.05) is 25.3 Å². The van der Waals surface area contributed by atoms with E-state index in [0.717, 1.165) is 17.7 Å². The molecule has 1 N–H and O–H groups in total. The molecule has 3 aromatic rings. The zero-order chi connectivity index (χ0) is 33.0. The van der Waals surface area contributed by atoms with Gasteiger partial charge >= 0.3 is 17.6 Å². The maximum absolute atomic E-state index is 13.7. The van der Waals surface area contributed by atoms with Crippen LogP contribution in [0.25, 0.3) is 11.3 Å². The molecule has 8 atom stereocenters. The average Bonchev–Trinajstić information content (AvgIpc) is 3.03. The second-order valence-electron chi connectivity index (χ2n) is 13.8. The van der Waals surface area contributed by atoms with Gasteiger partial charge in [-0.2, -0.15) is 0 Å². The fourth-order valence-corrected chi connectivity index (χ4v) is 9.03. The number of nitrogens with zero attached hydrogens (tertiary/aromatic N) is 1. The fraction of sp³-hybridized carbons (Fsp3) is 0.500. The second kappa shape index (κ2) is 11.9. The Hall–Kier alpha value is -3.63. The Kier molecular flexibility index (Phi) is 8.34. The van der Waals surface area contributed by atoms with Crippen molar-refractivity contribution in [2.24, 2.45) is 28.6 Å². The maximum Gasteiger partial charge on any atom is 0.345 e. The molecule has 6 rings (SSSR count). The number of rotatable bonds is 6. The number of aliphatic hydroxyl groups excluding tert-OH is 1. The number of fused-ring (bicyclic) bond motifs is 4. The Morgan fingerprint density at radius 3 is 2.54 bits per heavy atom. The van der Waals surface area contributed by atoms with Crippen molar-refractivity contribution in [2.75, 3.05) is 12.9 Å². The highest BCUT2D eigenvalue weighted by Gasteiger charge is 2.70. The number of aromatic nitrogens is 1. The number of carbonyl (C=O) groups excluding carboxylic acids is 2. The van der Waals surface area contributed by atoms with E-state index >= 15 is 0 Å². The van der Waals surface area contributed by atoms with Crippen molar-refractivity contribution < 1.29 is 33.3 Å². The first-order valence-electron chi connectivity index (χ1n) is 15.8. The Labute approximate surface area is 273 Å². The van der Waals surface area contributed by atoms with Gasteiger partial charge in [-0.05, 0) is 86.1 Å². The maximum atomic E-state index is 13.7. The highest BCUT2D eigenvalue weighted by Crippen LogP contribution is 2.68. The number of carbonyl (C=O) groups is 2. The van der Waals surface area contributed by atoms with E-state index in [2.05, 4.69) is 25.8 Å². The smallest absolute Gasteiger partial charge is 0.345 e. The largest absolute Gasteiger partial charge is 0.482 e. The summed E-state index contributed by atoms with van der Waals surface area (Å²) in [6.45, 7) is 9.86. The van der Waals surface area contributed by atoms with Gasteiger partial charge < -0.3 is 23.7 Å². The van der Waals surface area contributed by atoms with E-state index in [0.29, 0.717) is 17.5 Å². The topological polar surface area (TPSA) is 125 Å². The molecule has 0 spiro atoms. The first-order valence-corrected chi connectivity index (χ1v) is 17.0. The summed E-state index contributed by atoms with van der Waals surface area (Å²) in [7, 11) is 0. The van der Waals surface area contributed by atoms with Gasteiger partial charge in [-0.15, -0.1) is 11.8 Å². The molecule has 0 bridgehead atoms. The number of benzene rings is 1. The molecule has 2 saturated carbocycles. The number of ether oxygens (including phenoxy) is 3. The summed E-state index contributed by atoms with van der Waals surface area (Å²) in [6, 6.07) is 12.4. The molecule has 10 heteroatoms. The van der Waals surface area contributed by atoms with Gasteiger partial charge in [0.1, 0.15) is 28.8 Å². The predicted molar refractivity (Wildman–Crippen MR) is 172 cm³/mol. The molecule has 46 heavy (non-hydrogen) atoms. The lowest BCUT2D eigenvalue weighted by Crippen LogP contribution is -2.70. The van der Waals surface area contributed by atoms with Gasteiger partial charge in [-0.25, -0.2) is 9.59 Å². The lowest BCUT2D eigenvalue weighted by Gasteiger charge is -2.66. The van der Waals surface area contributed by atoms with Gasteiger partial charge in [-0.1, -0.05) is 20.8 Å². The van der Waals surface area contributed by atoms with Crippen LogP contribution >= 0.6 is 11.8 Å². The molecule has 2 aromatic heterocycles. The lowest BCUT2D eigenvalue weighted by atomic mass is 9.41. The van der Waals surface area contributed by atoms with E-state index in [1.165, 1.54) is 6.92 Å². The van der Waals surface area contributed by atoms with Gasteiger partial charge in [0.25, 0.3) is 0 Å². The zero-order valence-electron chi connectivity index (χ0n) is 27.1. The molecule has 0 radical (unpaired) electrons. The van der Waals surface area contributed by atoms with Crippen LogP contribution in [0.1, 0.15) is 75.9 Å². The Morgan fingerprint density at radius 1 is 1.15 bits per heavy atom. The van der Waals surface area contributed by atoms with Crippen molar-refractivity contribution in [3.63, 3.8) is 0 Å². The third-order valence-electron chi connectivity index (χ3n) is 11.3. The molecule has 244 valence electrons. The monoisotopic (exact) mass is 647 g/mol. The van der Waals surface area contributed by atoms with Crippen molar-refractivity contribution >= 4 is 23.7 Å². The molecule has 9 nitrogen and oxygen atoms in total. The van der Waals surface area contributed by atoms with E-state index in [4.69, 9.17) is 18.6 Å². The van der Waals surface area contributed by atoms with Gasteiger partial charge in [0, 0.05) is 47.2 Å². The lowest BCUT2D eigenvalue weighted by molar-refractivity contribution is -0.257. The molecule has 2 aliphatic carbocycles. The molecule has 3 aliphatic rings. The Morgan fingerprint density at radius 2 is 1.89 bits per heavy atom. The van der Waals surface area contributed by atoms with Crippen molar-refractivity contribution in [1.29, 1.82) is 0 Å². The summed E-state index contributed by atoms with van der Waals surface area (Å²) in [5, 5.41) is 12.3. The summed E-state index contributed by atoms with van der Waals surface area (Å²) < 4.78 is 24.6. The van der Waals surface area contributed by atoms with Crippen LogP contribution in [-0.2, 0) is 14.3 Å². The SMILES string of the molecule is CSc1ccc(C(=O)O[C@H]2CC3[C@](C)(CC[C@H](C)[C@@]3(C)COC(C)=O)C3[C@@H](O)c4c(cc(-c5cccnc5)oc4=O)O[C@@]32C)cc1. The van der Waals surface area contributed by atoms with Crippen molar-refractivity contribution in [2.45, 2.75) is 76.6 Å². The summed E-state index contributed by atoms with van der Waals surface area (Å²) in [5.41, 5.74) is -1.94. The van der Waals surface area contributed by atoms with Gasteiger partial charge in [0.15, 0.2) is 0 Å². The van der Waals surface area contributed by atoms with Crippen LogP contribution in [-0.4, -0.2) is 46.6 Å².